The third kappa shape index (κ3) is 1.71. The average molecular weight is 260 g/mol. The van der Waals surface area contributed by atoms with Crippen LogP contribution < -0.4 is 0 Å². The lowest BCUT2D eigenvalue weighted by atomic mass is 9.42. The molecule has 0 aromatic rings. The van der Waals surface area contributed by atoms with Crippen molar-refractivity contribution < 1.29 is 0 Å². The molecule has 2 heteroatoms. The number of hydrogen-bond acceptors (Lipinski definition) is 1. The molecule has 0 amide bonds. The van der Waals surface area contributed by atoms with Gasteiger partial charge in [-0.3, -0.25) is 5.41 Å². The summed E-state index contributed by atoms with van der Waals surface area (Å²) >= 11 is 0. The standard InChI is InChI=1S/C17H28N2/c1-15-7-13-8-16(2,10-15)12-17(9-13,11-15)19-6-4-3-5-14(19)18/h13,18H,3-12H2,1-2H3. The van der Waals surface area contributed by atoms with Crippen LogP contribution >= 0.6 is 0 Å². The van der Waals surface area contributed by atoms with Gasteiger partial charge in [0.05, 0.1) is 5.84 Å². The van der Waals surface area contributed by atoms with Gasteiger partial charge in [-0.25, -0.2) is 0 Å². The molecule has 5 aliphatic rings. The van der Waals surface area contributed by atoms with Crippen LogP contribution in [0.5, 0.6) is 0 Å². The SMILES string of the molecule is CC12CC3CC(C)(C1)CC(N1CCCCC1=N)(C3)C2. The van der Waals surface area contributed by atoms with Gasteiger partial charge in [-0.2, -0.15) is 0 Å². The van der Waals surface area contributed by atoms with E-state index < -0.39 is 0 Å². The molecule has 1 heterocycles. The lowest BCUT2D eigenvalue weighted by Crippen LogP contribution is -2.66. The Kier molecular flexibility index (Phi) is 2.29. The molecule has 1 N–H and O–H groups in total. The Morgan fingerprint density at radius 2 is 1.68 bits per heavy atom. The van der Waals surface area contributed by atoms with Crippen LogP contribution in [0.4, 0.5) is 0 Å². The second kappa shape index (κ2) is 3.56. The molecule has 2 unspecified atom stereocenters. The third-order valence-corrected chi connectivity index (χ3v) is 6.54. The van der Waals surface area contributed by atoms with Crippen LogP contribution in [0.25, 0.3) is 0 Å². The minimum absolute atomic E-state index is 0.375. The van der Waals surface area contributed by atoms with Gasteiger partial charge >= 0.3 is 0 Å². The summed E-state index contributed by atoms with van der Waals surface area (Å²) < 4.78 is 0. The number of likely N-dealkylation sites (tertiary alicyclic amines) is 1. The van der Waals surface area contributed by atoms with Gasteiger partial charge in [0, 0.05) is 18.5 Å². The first kappa shape index (κ1) is 12.2. The molecule has 0 aromatic heterocycles. The summed E-state index contributed by atoms with van der Waals surface area (Å²) in [6.45, 7) is 6.24. The highest BCUT2D eigenvalue weighted by Gasteiger charge is 2.62. The first-order chi connectivity index (χ1) is 8.92. The molecule has 2 nitrogen and oxygen atoms in total. The predicted octanol–water partition coefficient (Wildman–Crippen LogP) is 4.20. The molecule has 106 valence electrons. The van der Waals surface area contributed by atoms with Gasteiger partial charge in [0.25, 0.3) is 0 Å². The lowest BCUT2D eigenvalue weighted by molar-refractivity contribution is -0.147. The second-order valence-electron chi connectivity index (χ2n) is 8.91. The van der Waals surface area contributed by atoms with Crippen LogP contribution in [-0.4, -0.2) is 22.8 Å². The summed E-state index contributed by atoms with van der Waals surface area (Å²) in [7, 11) is 0. The van der Waals surface area contributed by atoms with Gasteiger partial charge in [0.15, 0.2) is 0 Å². The topological polar surface area (TPSA) is 27.1 Å². The van der Waals surface area contributed by atoms with E-state index in [1.165, 1.54) is 51.4 Å². The van der Waals surface area contributed by atoms with E-state index in [1.807, 2.05) is 0 Å². The molecule has 4 bridgehead atoms. The van der Waals surface area contributed by atoms with Gasteiger partial charge < -0.3 is 4.90 Å². The maximum Gasteiger partial charge on any atom is 0.0962 e. The number of hydrogen-bond donors (Lipinski definition) is 1. The number of amidine groups is 1. The molecule has 1 aliphatic heterocycles. The summed E-state index contributed by atoms with van der Waals surface area (Å²) in [5, 5.41) is 8.43. The zero-order valence-corrected chi connectivity index (χ0v) is 12.6. The summed E-state index contributed by atoms with van der Waals surface area (Å²) in [6, 6.07) is 0. The van der Waals surface area contributed by atoms with Crippen molar-refractivity contribution in [3.63, 3.8) is 0 Å². The predicted molar refractivity (Wildman–Crippen MR) is 78.4 cm³/mol. The van der Waals surface area contributed by atoms with Crippen molar-refractivity contribution in [1.82, 2.24) is 4.90 Å². The summed E-state index contributed by atoms with van der Waals surface area (Å²) in [6.07, 6.45) is 12.1. The van der Waals surface area contributed by atoms with Gasteiger partial charge in [-0.1, -0.05) is 13.8 Å². The van der Waals surface area contributed by atoms with Crippen molar-refractivity contribution in [2.45, 2.75) is 77.2 Å². The molecule has 0 aromatic carbocycles. The Hall–Kier alpha value is -0.530. The molecule has 0 radical (unpaired) electrons. The zero-order chi connectivity index (χ0) is 13.3. The number of nitrogens with one attached hydrogen (secondary N) is 1. The summed E-state index contributed by atoms with van der Waals surface area (Å²) in [5.41, 5.74) is 1.53. The average Bonchev–Trinajstić information content (AvgIpc) is 2.24. The van der Waals surface area contributed by atoms with E-state index in [2.05, 4.69) is 18.7 Å². The quantitative estimate of drug-likeness (QED) is 0.751. The van der Waals surface area contributed by atoms with Gasteiger partial charge in [-0.15, -0.1) is 0 Å². The highest BCUT2D eigenvalue weighted by molar-refractivity contribution is 5.80. The highest BCUT2D eigenvalue weighted by Crippen LogP contribution is 2.67. The fourth-order valence-corrected chi connectivity index (χ4v) is 7.04. The fraction of sp³-hybridized carbons (Fsp3) is 0.941. The van der Waals surface area contributed by atoms with E-state index in [9.17, 15) is 0 Å². The molecular weight excluding hydrogens is 232 g/mol. The zero-order valence-electron chi connectivity index (χ0n) is 12.6. The van der Waals surface area contributed by atoms with Crippen LogP contribution in [-0.2, 0) is 0 Å². The second-order valence-corrected chi connectivity index (χ2v) is 8.91. The molecule has 0 spiro atoms. The minimum Gasteiger partial charge on any atom is -0.355 e. The Morgan fingerprint density at radius 3 is 2.26 bits per heavy atom. The minimum atomic E-state index is 0.375. The van der Waals surface area contributed by atoms with Crippen LogP contribution in [0.3, 0.4) is 0 Å². The maximum atomic E-state index is 8.43. The Balaban J connectivity index is 1.72. The van der Waals surface area contributed by atoms with Gasteiger partial charge in [0.2, 0.25) is 0 Å². The van der Waals surface area contributed by atoms with Crippen molar-refractivity contribution in [3.05, 3.63) is 0 Å². The first-order valence-corrected chi connectivity index (χ1v) is 8.27. The Labute approximate surface area is 117 Å². The maximum absolute atomic E-state index is 8.43. The molecular formula is C17H28N2. The smallest absolute Gasteiger partial charge is 0.0962 e. The van der Waals surface area contributed by atoms with Crippen molar-refractivity contribution in [2.75, 3.05) is 6.54 Å². The monoisotopic (exact) mass is 260 g/mol. The van der Waals surface area contributed by atoms with Crippen LogP contribution in [0.15, 0.2) is 0 Å². The number of nitrogens with zero attached hydrogens (tertiary/aromatic N) is 1. The normalized spacial score (nSPS) is 52.8. The molecule has 4 saturated carbocycles. The summed E-state index contributed by atoms with van der Waals surface area (Å²) in [5.74, 6) is 1.90. The van der Waals surface area contributed by atoms with Crippen molar-refractivity contribution in [1.29, 1.82) is 5.41 Å². The van der Waals surface area contributed by atoms with Gasteiger partial charge in [0.1, 0.15) is 0 Å². The van der Waals surface area contributed by atoms with Crippen molar-refractivity contribution >= 4 is 5.84 Å². The molecule has 5 rings (SSSR count). The van der Waals surface area contributed by atoms with E-state index in [4.69, 9.17) is 5.41 Å². The first-order valence-electron chi connectivity index (χ1n) is 8.27. The van der Waals surface area contributed by atoms with E-state index in [0.29, 0.717) is 16.4 Å². The fourth-order valence-electron chi connectivity index (χ4n) is 7.04. The van der Waals surface area contributed by atoms with E-state index >= 15 is 0 Å². The Bertz CT molecular complexity index is 409. The Morgan fingerprint density at radius 1 is 1.00 bits per heavy atom. The highest BCUT2D eigenvalue weighted by atomic mass is 15.2. The van der Waals surface area contributed by atoms with Gasteiger partial charge in [-0.05, 0) is 68.1 Å². The van der Waals surface area contributed by atoms with Crippen LogP contribution in [0, 0.1) is 22.2 Å². The molecule has 2 atom stereocenters. The lowest BCUT2D eigenvalue weighted by Gasteiger charge is -2.68. The third-order valence-electron chi connectivity index (χ3n) is 6.54. The largest absolute Gasteiger partial charge is 0.355 e. The summed E-state index contributed by atoms with van der Waals surface area (Å²) in [4.78, 5) is 2.57. The number of piperidine rings is 1. The van der Waals surface area contributed by atoms with E-state index in [1.54, 1.807) is 0 Å². The van der Waals surface area contributed by atoms with E-state index in [0.717, 1.165) is 24.7 Å². The van der Waals surface area contributed by atoms with Crippen LogP contribution in [0.2, 0.25) is 0 Å². The van der Waals surface area contributed by atoms with Crippen molar-refractivity contribution in [2.24, 2.45) is 16.7 Å². The van der Waals surface area contributed by atoms with Crippen molar-refractivity contribution in [3.8, 4) is 0 Å². The molecule has 4 aliphatic carbocycles. The van der Waals surface area contributed by atoms with E-state index in [-0.39, 0.29) is 0 Å². The molecule has 5 fully saturated rings. The van der Waals surface area contributed by atoms with Crippen LogP contribution in [0.1, 0.15) is 71.6 Å². The number of rotatable bonds is 1. The molecule has 1 saturated heterocycles. The molecule has 19 heavy (non-hydrogen) atoms.